The summed E-state index contributed by atoms with van der Waals surface area (Å²) in [6.07, 6.45) is 1.38. The van der Waals surface area contributed by atoms with Gasteiger partial charge in [-0.05, 0) is 36.5 Å². The number of carboxylic acid groups (broad SMARTS) is 1. The first kappa shape index (κ1) is 16.9. The topological polar surface area (TPSA) is 83.9 Å². The van der Waals surface area contributed by atoms with E-state index in [4.69, 9.17) is 4.74 Å². The van der Waals surface area contributed by atoms with E-state index in [1.807, 2.05) is 0 Å². The van der Waals surface area contributed by atoms with E-state index >= 15 is 0 Å². The predicted molar refractivity (Wildman–Crippen MR) is 80.9 cm³/mol. The summed E-state index contributed by atoms with van der Waals surface area (Å²) < 4.78 is 31.8. The highest BCUT2D eigenvalue weighted by molar-refractivity contribution is 7.89. The number of aliphatic carboxylic acids is 1. The van der Waals surface area contributed by atoms with Crippen molar-refractivity contribution in [1.82, 2.24) is 4.31 Å². The predicted octanol–water partition coefficient (Wildman–Crippen LogP) is 1.71. The zero-order valence-corrected chi connectivity index (χ0v) is 13.5. The second kappa shape index (κ2) is 6.76. The Morgan fingerprint density at radius 2 is 2.18 bits per heavy atom. The molecular formula is C15H21NO5S. The van der Waals surface area contributed by atoms with Gasteiger partial charge in [0.25, 0.3) is 0 Å². The summed E-state index contributed by atoms with van der Waals surface area (Å²) in [6.45, 7) is 2.32. The maximum Gasteiger partial charge on any atom is 0.322 e. The average Bonchev–Trinajstić information content (AvgIpc) is 2.47. The molecule has 0 saturated carbocycles. The van der Waals surface area contributed by atoms with E-state index in [9.17, 15) is 18.3 Å². The molecule has 2 atom stereocenters. The number of hydrogen-bond donors (Lipinski definition) is 1. The number of carboxylic acids is 1. The molecule has 2 rings (SSSR count). The molecule has 0 amide bonds. The first-order valence-electron chi connectivity index (χ1n) is 7.20. The van der Waals surface area contributed by atoms with E-state index in [0.717, 1.165) is 9.87 Å². The number of sulfonamides is 1. The summed E-state index contributed by atoms with van der Waals surface area (Å²) in [7, 11) is -2.30. The lowest BCUT2D eigenvalue weighted by atomic mass is 9.93. The van der Waals surface area contributed by atoms with Crippen LogP contribution in [0.2, 0.25) is 0 Å². The number of hydrogen-bond acceptors (Lipinski definition) is 4. The van der Waals surface area contributed by atoms with Crippen molar-refractivity contribution in [3.05, 3.63) is 29.8 Å². The van der Waals surface area contributed by atoms with E-state index in [1.165, 1.54) is 19.2 Å². The summed E-state index contributed by atoms with van der Waals surface area (Å²) in [5, 5.41) is 9.40. The number of methoxy groups -OCH3 is 1. The first-order chi connectivity index (χ1) is 10.4. The molecule has 1 aliphatic rings. The van der Waals surface area contributed by atoms with Crippen LogP contribution < -0.4 is 0 Å². The molecule has 2 unspecified atom stereocenters. The molecule has 0 spiro atoms. The van der Waals surface area contributed by atoms with Gasteiger partial charge in [-0.25, -0.2) is 8.42 Å². The number of ether oxygens (including phenoxy) is 1. The van der Waals surface area contributed by atoms with Crippen LogP contribution in [0, 0.1) is 5.92 Å². The van der Waals surface area contributed by atoms with Crippen molar-refractivity contribution in [3.63, 3.8) is 0 Å². The van der Waals surface area contributed by atoms with Crippen LogP contribution >= 0.6 is 0 Å². The number of nitrogens with zero attached hydrogens (tertiary/aromatic N) is 1. The fraction of sp³-hybridized carbons (Fsp3) is 0.533. The standard InChI is InChI=1S/C15H21NO5S/c1-11-5-4-8-16(14(11)15(17)18)22(19,20)13-7-3-6-12(9-13)10-21-2/h3,6-7,9,11,14H,4-5,8,10H2,1-2H3,(H,17,18). The van der Waals surface area contributed by atoms with E-state index < -0.39 is 22.0 Å². The molecule has 1 fully saturated rings. The molecule has 22 heavy (non-hydrogen) atoms. The summed E-state index contributed by atoms with van der Waals surface area (Å²) in [5.41, 5.74) is 0.737. The summed E-state index contributed by atoms with van der Waals surface area (Å²) in [4.78, 5) is 11.6. The SMILES string of the molecule is COCc1cccc(S(=O)(=O)N2CCCC(C)C2C(=O)O)c1. The van der Waals surface area contributed by atoms with Gasteiger partial charge in [0.2, 0.25) is 10.0 Å². The number of piperidine rings is 1. The van der Waals surface area contributed by atoms with Crippen LogP contribution in [0.1, 0.15) is 25.3 Å². The lowest BCUT2D eigenvalue weighted by Gasteiger charge is -2.36. The molecule has 0 aliphatic carbocycles. The largest absolute Gasteiger partial charge is 0.480 e. The van der Waals surface area contributed by atoms with E-state index in [0.29, 0.717) is 19.4 Å². The second-order valence-corrected chi connectivity index (χ2v) is 7.49. The van der Waals surface area contributed by atoms with Crippen LogP contribution in [-0.2, 0) is 26.2 Å². The van der Waals surface area contributed by atoms with Gasteiger partial charge in [0.1, 0.15) is 6.04 Å². The molecule has 1 aromatic carbocycles. The maximum absolute atomic E-state index is 12.8. The van der Waals surface area contributed by atoms with E-state index in [2.05, 4.69) is 0 Å². The number of rotatable bonds is 5. The minimum atomic E-state index is -3.83. The van der Waals surface area contributed by atoms with Crippen LogP contribution in [0.3, 0.4) is 0 Å². The Hall–Kier alpha value is -1.44. The molecule has 1 N–H and O–H groups in total. The van der Waals surface area contributed by atoms with Crippen LogP contribution in [-0.4, -0.2) is 43.5 Å². The fourth-order valence-electron chi connectivity index (χ4n) is 2.88. The van der Waals surface area contributed by atoms with Crippen molar-refractivity contribution in [2.75, 3.05) is 13.7 Å². The Balaban J connectivity index is 2.39. The Labute approximate surface area is 130 Å². The Bertz CT molecular complexity index is 643. The van der Waals surface area contributed by atoms with E-state index in [-0.39, 0.29) is 17.4 Å². The molecule has 1 heterocycles. The zero-order chi connectivity index (χ0) is 16.3. The number of benzene rings is 1. The van der Waals surface area contributed by atoms with Crippen molar-refractivity contribution in [3.8, 4) is 0 Å². The second-order valence-electron chi connectivity index (χ2n) is 5.60. The minimum absolute atomic E-state index is 0.113. The van der Waals surface area contributed by atoms with Crippen molar-refractivity contribution in [1.29, 1.82) is 0 Å². The first-order valence-corrected chi connectivity index (χ1v) is 8.64. The van der Waals surface area contributed by atoms with Gasteiger partial charge in [0, 0.05) is 13.7 Å². The normalized spacial score (nSPS) is 23.4. The quantitative estimate of drug-likeness (QED) is 0.890. The number of carbonyl (C=O) groups is 1. The summed E-state index contributed by atoms with van der Waals surface area (Å²) in [6, 6.07) is 5.44. The lowest BCUT2D eigenvalue weighted by Crippen LogP contribution is -2.51. The van der Waals surface area contributed by atoms with Crippen LogP contribution in [0.4, 0.5) is 0 Å². The molecule has 0 radical (unpaired) electrons. The van der Waals surface area contributed by atoms with Gasteiger partial charge in [-0.1, -0.05) is 19.1 Å². The van der Waals surface area contributed by atoms with Crippen molar-refractivity contribution < 1.29 is 23.1 Å². The van der Waals surface area contributed by atoms with Gasteiger partial charge in [-0.2, -0.15) is 4.31 Å². The van der Waals surface area contributed by atoms with Crippen LogP contribution in [0.5, 0.6) is 0 Å². The van der Waals surface area contributed by atoms with Crippen LogP contribution in [0.15, 0.2) is 29.2 Å². The third kappa shape index (κ3) is 3.31. The Morgan fingerprint density at radius 1 is 1.45 bits per heavy atom. The molecule has 1 saturated heterocycles. The smallest absolute Gasteiger partial charge is 0.322 e. The third-order valence-corrected chi connectivity index (χ3v) is 5.83. The fourth-order valence-corrected chi connectivity index (χ4v) is 4.67. The van der Waals surface area contributed by atoms with Gasteiger partial charge >= 0.3 is 5.97 Å². The van der Waals surface area contributed by atoms with Crippen molar-refractivity contribution in [2.45, 2.75) is 37.3 Å². The highest BCUT2D eigenvalue weighted by atomic mass is 32.2. The minimum Gasteiger partial charge on any atom is -0.480 e. The zero-order valence-electron chi connectivity index (χ0n) is 12.7. The monoisotopic (exact) mass is 327 g/mol. The molecule has 0 bridgehead atoms. The molecular weight excluding hydrogens is 306 g/mol. The Kier molecular flexibility index (Phi) is 5.20. The van der Waals surface area contributed by atoms with Gasteiger partial charge in [-0.3, -0.25) is 4.79 Å². The lowest BCUT2D eigenvalue weighted by molar-refractivity contribution is -0.144. The van der Waals surface area contributed by atoms with Gasteiger partial charge < -0.3 is 9.84 Å². The van der Waals surface area contributed by atoms with Gasteiger partial charge in [-0.15, -0.1) is 0 Å². The molecule has 1 aliphatic heterocycles. The highest BCUT2D eigenvalue weighted by Crippen LogP contribution is 2.29. The maximum atomic E-state index is 12.8. The third-order valence-electron chi connectivity index (χ3n) is 3.96. The molecule has 0 aromatic heterocycles. The van der Waals surface area contributed by atoms with Crippen LogP contribution in [0.25, 0.3) is 0 Å². The van der Waals surface area contributed by atoms with Gasteiger partial charge in [0.05, 0.1) is 11.5 Å². The molecule has 1 aromatic rings. The molecule has 6 nitrogen and oxygen atoms in total. The molecule has 122 valence electrons. The van der Waals surface area contributed by atoms with Crippen molar-refractivity contribution in [2.24, 2.45) is 5.92 Å². The van der Waals surface area contributed by atoms with E-state index in [1.54, 1.807) is 19.1 Å². The highest BCUT2D eigenvalue weighted by Gasteiger charge is 2.41. The van der Waals surface area contributed by atoms with Crippen molar-refractivity contribution >= 4 is 16.0 Å². The average molecular weight is 327 g/mol. The molecule has 7 heteroatoms. The summed E-state index contributed by atoms with van der Waals surface area (Å²) in [5.74, 6) is -1.30. The van der Waals surface area contributed by atoms with Gasteiger partial charge in [0.15, 0.2) is 0 Å². The summed E-state index contributed by atoms with van der Waals surface area (Å²) >= 11 is 0. The Morgan fingerprint density at radius 3 is 2.82 bits per heavy atom.